The van der Waals surface area contributed by atoms with Crippen LogP contribution in [0.5, 0.6) is 0 Å². The molecule has 20 heavy (non-hydrogen) atoms. The Balaban J connectivity index is 2.35. The van der Waals surface area contributed by atoms with Crippen LogP contribution < -0.4 is 5.73 Å². The zero-order valence-corrected chi connectivity index (χ0v) is 12.0. The number of hydrogen-bond acceptors (Lipinski definition) is 2. The van der Waals surface area contributed by atoms with E-state index in [1.807, 2.05) is 0 Å². The van der Waals surface area contributed by atoms with Crippen molar-refractivity contribution in [2.45, 2.75) is 6.92 Å². The fourth-order valence-corrected chi connectivity index (χ4v) is 2.68. The molecule has 3 aromatic rings. The van der Waals surface area contributed by atoms with Crippen LogP contribution in [0.1, 0.15) is 5.56 Å². The van der Waals surface area contributed by atoms with Crippen molar-refractivity contribution in [3.05, 3.63) is 51.8 Å². The lowest BCUT2D eigenvalue weighted by molar-refractivity contribution is 0.620. The van der Waals surface area contributed by atoms with Gasteiger partial charge in [-0.15, -0.1) is 0 Å². The number of nitrogens with two attached hydrogens (primary N) is 1. The van der Waals surface area contributed by atoms with E-state index >= 15 is 0 Å². The van der Waals surface area contributed by atoms with Gasteiger partial charge in [-0.25, -0.2) is 9.37 Å². The molecule has 0 saturated heterocycles. The van der Waals surface area contributed by atoms with Gasteiger partial charge < -0.3 is 5.73 Å². The predicted octanol–water partition coefficient (Wildman–Crippen LogP) is 4.36. The molecule has 0 aliphatic carbocycles. The van der Waals surface area contributed by atoms with Crippen LogP contribution in [0, 0.1) is 12.7 Å². The Kier molecular flexibility index (Phi) is 3.07. The third kappa shape index (κ3) is 2.11. The number of imidazole rings is 1. The molecule has 0 radical (unpaired) electrons. The van der Waals surface area contributed by atoms with E-state index < -0.39 is 0 Å². The van der Waals surface area contributed by atoms with E-state index in [4.69, 9.17) is 28.9 Å². The normalized spacial score (nSPS) is 11.2. The van der Waals surface area contributed by atoms with Crippen LogP contribution in [-0.4, -0.2) is 9.55 Å². The highest BCUT2D eigenvalue weighted by atomic mass is 35.5. The zero-order chi connectivity index (χ0) is 14.4. The van der Waals surface area contributed by atoms with E-state index in [1.54, 1.807) is 35.8 Å². The molecule has 1 aromatic heterocycles. The molecule has 0 aliphatic rings. The van der Waals surface area contributed by atoms with Gasteiger partial charge in [0.25, 0.3) is 0 Å². The third-order valence-corrected chi connectivity index (χ3v) is 3.50. The summed E-state index contributed by atoms with van der Waals surface area (Å²) < 4.78 is 15.3. The lowest BCUT2D eigenvalue weighted by atomic mass is 10.2. The Morgan fingerprint density at radius 1 is 1.10 bits per heavy atom. The summed E-state index contributed by atoms with van der Waals surface area (Å²) in [5, 5.41) is 0.986. The predicted molar refractivity (Wildman–Crippen MR) is 80.2 cm³/mol. The van der Waals surface area contributed by atoms with Crippen molar-refractivity contribution in [3.63, 3.8) is 0 Å². The Labute approximate surface area is 124 Å². The maximum atomic E-state index is 13.6. The van der Waals surface area contributed by atoms with E-state index in [1.165, 1.54) is 6.07 Å². The van der Waals surface area contributed by atoms with E-state index in [0.717, 1.165) is 0 Å². The van der Waals surface area contributed by atoms with Crippen LogP contribution in [0.4, 0.5) is 10.3 Å². The second-order valence-corrected chi connectivity index (χ2v) is 5.40. The van der Waals surface area contributed by atoms with Crippen molar-refractivity contribution >= 4 is 40.2 Å². The van der Waals surface area contributed by atoms with Crippen molar-refractivity contribution in [3.8, 4) is 5.69 Å². The van der Waals surface area contributed by atoms with Crippen LogP contribution in [-0.2, 0) is 0 Å². The number of anilines is 1. The number of nitrogens with zero attached hydrogens (tertiary/aromatic N) is 2. The van der Waals surface area contributed by atoms with Gasteiger partial charge in [-0.3, -0.25) is 4.57 Å². The number of fused-ring (bicyclic) bond motifs is 1. The first kappa shape index (κ1) is 13.2. The minimum atomic E-state index is -0.314. The molecule has 2 N–H and O–H groups in total. The van der Waals surface area contributed by atoms with Crippen molar-refractivity contribution in [1.82, 2.24) is 9.55 Å². The van der Waals surface area contributed by atoms with Crippen molar-refractivity contribution < 1.29 is 4.39 Å². The molecule has 0 amide bonds. The molecule has 0 bridgehead atoms. The molecule has 1 heterocycles. The van der Waals surface area contributed by atoms with Crippen LogP contribution in [0.2, 0.25) is 10.0 Å². The summed E-state index contributed by atoms with van der Waals surface area (Å²) in [6.45, 7) is 1.69. The van der Waals surface area contributed by atoms with Gasteiger partial charge in [0.1, 0.15) is 5.82 Å². The number of benzene rings is 2. The molecule has 3 nitrogen and oxygen atoms in total. The van der Waals surface area contributed by atoms with Gasteiger partial charge in [-0.2, -0.15) is 0 Å². The molecule has 0 fully saturated rings. The summed E-state index contributed by atoms with van der Waals surface area (Å²) in [5.41, 5.74) is 8.33. The minimum absolute atomic E-state index is 0.253. The average molecular weight is 310 g/mol. The largest absolute Gasteiger partial charge is 0.369 e. The lowest BCUT2D eigenvalue weighted by Crippen LogP contribution is -2.00. The first-order valence-corrected chi connectivity index (χ1v) is 6.62. The maximum Gasteiger partial charge on any atom is 0.205 e. The van der Waals surface area contributed by atoms with E-state index in [-0.39, 0.29) is 11.8 Å². The van der Waals surface area contributed by atoms with Crippen molar-refractivity contribution in [2.75, 3.05) is 5.73 Å². The quantitative estimate of drug-likeness (QED) is 0.725. The van der Waals surface area contributed by atoms with Gasteiger partial charge in [-0.05, 0) is 36.8 Å². The van der Waals surface area contributed by atoms with Gasteiger partial charge in [0.2, 0.25) is 5.95 Å². The van der Waals surface area contributed by atoms with E-state index in [9.17, 15) is 4.39 Å². The molecule has 0 spiro atoms. The highest BCUT2D eigenvalue weighted by Gasteiger charge is 2.13. The Bertz CT molecular complexity index is 807. The molecule has 3 rings (SSSR count). The maximum absolute atomic E-state index is 13.6. The summed E-state index contributed by atoms with van der Waals surface area (Å²) in [6, 6.07) is 8.15. The van der Waals surface area contributed by atoms with Gasteiger partial charge in [0.15, 0.2) is 0 Å². The standard InChI is InChI=1S/C14H10Cl2FN3/c1-7-2-13-12(6-11(7)17)19-14(18)20(13)10-4-8(15)3-9(16)5-10/h2-6H,1H3,(H2,18,19). The van der Waals surface area contributed by atoms with Gasteiger partial charge >= 0.3 is 0 Å². The third-order valence-electron chi connectivity index (χ3n) is 3.07. The Hall–Kier alpha value is -1.78. The average Bonchev–Trinajstić information content (AvgIpc) is 2.64. The molecular weight excluding hydrogens is 300 g/mol. The number of halogens is 3. The minimum Gasteiger partial charge on any atom is -0.369 e. The molecule has 6 heteroatoms. The first-order chi connectivity index (χ1) is 9.45. The molecule has 102 valence electrons. The highest BCUT2D eigenvalue weighted by Crippen LogP contribution is 2.28. The smallest absolute Gasteiger partial charge is 0.205 e. The molecule has 2 aromatic carbocycles. The second-order valence-electron chi connectivity index (χ2n) is 4.52. The van der Waals surface area contributed by atoms with Gasteiger partial charge in [-0.1, -0.05) is 23.2 Å². The first-order valence-electron chi connectivity index (χ1n) is 5.86. The van der Waals surface area contributed by atoms with Crippen LogP contribution in [0.15, 0.2) is 30.3 Å². The number of rotatable bonds is 1. The monoisotopic (exact) mass is 309 g/mol. The number of aromatic nitrogens is 2. The van der Waals surface area contributed by atoms with Gasteiger partial charge in [0.05, 0.1) is 16.7 Å². The van der Waals surface area contributed by atoms with E-state index in [0.29, 0.717) is 32.3 Å². The summed E-state index contributed by atoms with van der Waals surface area (Å²) >= 11 is 12.0. The van der Waals surface area contributed by atoms with Crippen LogP contribution in [0.3, 0.4) is 0 Å². The fraction of sp³-hybridized carbons (Fsp3) is 0.0714. The second kappa shape index (κ2) is 4.65. The summed E-state index contributed by atoms with van der Waals surface area (Å²) in [6.07, 6.45) is 0. The Morgan fingerprint density at radius 3 is 2.40 bits per heavy atom. The molecule has 0 saturated carbocycles. The molecule has 0 atom stereocenters. The van der Waals surface area contributed by atoms with E-state index in [2.05, 4.69) is 4.98 Å². The molecule has 0 aliphatic heterocycles. The summed E-state index contributed by atoms with van der Waals surface area (Å²) in [4.78, 5) is 4.17. The summed E-state index contributed by atoms with van der Waals surface area (Å²) in [7, 11) is 0. The van der Waals surface area contributed by atoms with Crippen LogP contribution >= 0.6 is 23.2 Å². The molecular formula is C14H10Cl2FN3. The Morgan fingerprint density at radius 2 is 1.75 bits per heavy atom. The fourth-order valence-electron chi connectivity index (χ4n) is 2.16. The number of nitrogen functional groups attached to an aromatic ring is 1. The highest BCUT2D eigenvalue weighted by molar-refractivity contribution is 6.34. The van der Waals surface area contributed by atoms with Gasteiger partial charge in [0, 0.05) is 16.1 Å². The lowest BCUT2D eigenvalue weighted by Gasteiger charge is -2.08. The number of aryl methyl sites for hydroxylation is 1. The SMILES string of the molecule is Cc1cc2c(cc1F)nc(N)n2-c1cc(Cl)cc(Cl)c1. The van der Waals surface area contributed by atoms with Crippen LogP contribution in [0.25, 0.3) is 16.7 Å². The zero-order valence-electron chi connectivity index (χ0n) is 10.5. The van der Waals surface area contributed by atoms with Crippen molar-refractivity contribution in [1.29, 1.82) is 0 Å². The topological polar surface area (TPSA) is 43.8 Å². The summed E-state index contributed by atoms with van der Waals surface area (Å²) in [5.74, 6) is -0.0605. The number of hydrogen-bond donors (Lipinski definition) is 1. The van der Waals surface area contributed by atoms with Crippen molar-refractivity contribution in [2.24, 2.45) is 0 Å². The molecule has 0 unspecified atom stereocenters.